The minimum absolute atomic E-state index is 0.308. The number of halogens is 1. The van der Waals surface area contributed by atoms with Gasteiger partial charge in [0.15, 0.2) is 0 Å². The Morgan fingerprint density at radius 1 is 1.27 bits per heavy atom. The third-order valence-corrected chi connectivity index (χ3v) is 4.61. The maximum atomic E-state index is 12.3. The van der Waals surface area contributed by atoms with Gasteiger partial charge in [0.1, 0.15) is 11.4 Å². The lowest BCUT2D eigenvalue weighted by atomic mass is 10.1. The zero-order valence-corrected chi connectivity index (χ0v) is 14.9. The average Bonchev–Trinajstić information content (AvgIpc) is 2.87. The second-order valence-electron chi connectivity index (χ2n) is 5.86. The van der Waals surface area contributed by atoms with E-state index in [1.54, 1.807) is 25.1 Å². The summed E-state index contributed by atoms with van der Waals surface area (Å²) in [7, 11) is 0. The summed E-state index contributed by atoms with van der Waals surface area (Å²) in [6.07, 6.45) is 3.94. The molecule has 0 aliphatic heterocycles. The summed E-state index contributed by atoms with van der Waals surface area (Å²) in [5.41, 5.74) is 0.314. The van der Waals surface area contributed by atoms with Gasteiger partial charge in [0, 0.05) is 5.57 Å². The predicted molar refractivity (Wildman–Crippen MR) is 91.9 cm³/mol. The zero-order valence-electron chi connectivity index (χ0n) is 12.8. The minimum atomic E-state index is -0.508. The highest BCUT2D eigenvalue weighted by atomic mass is 127. The Balaban J connectivity index is 2.16. The standard InChI is InChI=1S/C17H19IO4/c1-11(2)15(19)21-14-10-12(6-7-13(14)18)16(20)22-17(3)8-4-5-9-17/h6-7,10H,1,4-5,8-9H2,2-3H3. The van der Waals surface area contributed by atoms with Gasteiger partial charge in [-0.2, -0.15) is 0 Å². The van der Waals surface area contributed by atoms with E-state index in [4.69, 9.17) is 9.47 Å². The van der Waals surface area contributed by atoms with Crippen molar-refractivity contribution in [1.29, 1.82) is 0 Å². The number of rotatable bonds is 4. The molecule has 0 bridgehead atoms. The normalized spacial score (nSPS) is 16.1. The molecular formula is C17H19IO4. The lowest BCUT2D eigenvalue weighted by molar-refractivity contribution is -0.130. The van der Waals surface area contributed by atoms with Crippen molar-refractivity contribution in [3.05, 3.63) is 39.5 Å². The fraction of sp³-hybridized carbons (Fsp3) is 0.412. The number of ether oxygens (including phenoxy) is 2. The molecule has 0 heterocycles. The van der Waals surface area contributed by atoms with Gasteiger partial charge in [-0.3, -0.25) is 0 Å². The summed E-state index contributed by atoms with van der Waals surface area (Å²) < 4.78 is 11.6. The van der Waals surface area contributed by atoms with Crippen LogP contribution >= 0.6 is 22.6 Å². The monoisotopic (exact) mass is 414 g/mol. The second-order valence-corrected chi connectivity index (χ2v) is 7.02. The van der Waals surface area contributed by atoms with Gasteiger partial charge in [0.05, 0.1) is 9.13 Å². The molecule has 1 aromatic carbocycles. The number of carbonyl (C=O) groups excluding carboxylic acids is 2. The van der Waals surface area contributed by atoms with E-state index in [-0.39, 0.29) is 11.6 Å². The fourth-order valence-corrected chi connectivity index (χ4v) is 2.85. The van der Waals surface area contributed by atoms with Crippen molar-refractivity contribution in [2.75, 3.05) is 0 Å². The highest BCUT2D eigenvalue weighted by Gasteiger charge is 2.33. The third-order valence-electron chi connectivity index (χ3n) is 3.72. The SMILES string of the molecule is C=C(C)C(=O)Oc1cc(C(=O)OC2(C)CCCC2)ccc1I. The molecule has 0 saturated heterocycles. The largest absolute Gasteiger partial charge is 0.456 e. The van der Waals surface area contributed by atoms with E-state index >= 15 is 0 Å². The number of carbonyl (C=O) groups is 2. The molecule has 0 spiro atoms. The molecule has 1 fully saturated rings. The molecule has 4 nitrogen and oxygen atoms in total. The smallest absolute Gasteiger partial charge is 0.338 e. The van der Waals surface area contributed by atoms with E-state index in [2.05, 4.69) is 29.2 Å². The molecule has 1 saturated carbocycles. The van der Waals surface area contributed by atoms with Crippen LogP contribution in [-0.2, 0) is 9.53 Å². The van der Waals surface area contributed by atoms with Gasteiger partial charge in [-0.05, 0) is 80.3 Å². The van der Waals surface area contributed by atoms with Gasteiger partial charge >= 0.3 is 11.9 Å². The number of hydrogen-bond donors (Lipinski definition) is 0. The van der Waals surface area contributed by atoms with E-state index < -0.39 is 5.97 Å². The Hall–Kier alpha value is -1.37. The molecule has 2 rings (SSSR count). The minimum Gasteiger partial charge on any atom is -0.456 e. The Morgan fingerprint density at radius 3 is 2.50 bits per heavy atom. The van der Waals surface area contributed by atoms with Gasteiger partial charge in [-0.1, -0.05) is 6.58 Å². The van der Waals surface area contributed by atoms with Gasteiger partial charge in [0.2, 0.25) is 0 Å². The van der Waals surface area contributed by atoms with E-state index in [1.807, 2.05) is 6.92 Å². The molecule has 0 aromatic heterocycles. The van der Waals surface area contributed by atoms with Crippen LogP contribution in [0.4, 0.5) is 0 Å². The first-order valence-electron chi connectivity index (χ1n) is 7.21. The average molecular weight is 414 g/mol. The van der Waals surface area contributed by atoms with Crippen LogP contribution in [0.15, 0.2) is 30.4 Å². The highest BCUT2D eigenvalue weighted by molar-refractivity contribution is 14.1. The van der Waals surface area contributed by atoms with Crippen LogP contribution in [0.1, 0.15) is 49.9 Å². The van der Waals surface area contributed by atoms with Crippen LogP contribution in [-0.4, -0.2) is 17.5 Å². The molecule has 0 unspecified atom stereocenters. The molecule has 1 aliphatic carbocycles. The lowest BCUT2D eigenvalue weighted by Gasteiger charge is -2.24. The first kappa shape index (κ1) is 17.0. The molecule has 0 radical (unpaired) electrons. The molecule has 1 aromatic rings. The Morgan fingerprint density at radius 2 is 1.91 bits per heavy atom. The summed E-state index contributed by atoms with van der Waals surface area (Å²) in [5.74, 6) is -0.542. The predicted octanol–water partition coefficient (Wildman–Crippen LogP) is 4.26. The summed E-state index contributed by atoms with van der Waals surface area (Å²) in [5, 5.41) is 0. The topological polar surface area (TPSA) is 52.6 Å². The maximum absolute atomic E-state index is 12.3. The molecule has 5 heteroatoms. The van der Waals surface area contributed by atoms with Crippen molar-refractivity contribution in [2.45, 2.75) is 45.1 Å². The fourth-order valence-electron chi connectivity index (χ4n) is 2.40. The van der Waals surface area contributed by atoms with Crippen LogP contribution < -0.4 is 4.74 Å². The summed E-state index contributed by atoms with van der Waals surface area (Å²) in [6.45, 7) is 7.09. The molecule has 0 atom stereocenters. The van der Waals surface area contributed by atoms with E-state index in [0.717, 1.165) is 29.3 Å². The van der Waals surface area contributed by atoms with E-state index in [1.165, 1.54) is 0 Å². The summed E-state index contributed by atoms with van der Waals surface area (Å²) in [4.78, 5) is 23.9. The van der Waals surface area contributed by atoms with Crippen LogP contribution in [0, 0.1) is 3.57 Å². The van der Waals surface area contributed by atoms with Crippen molar-refractivity contribution >= 4 is 34.5 Å². The van der Waals surface area contributed by atoms with Gasteiger partial charge in [-0.25, -0.2) is 9.59 Å². The Kier molecular flexibility index (Phi) is 5.26. The van der Waals surface area contributed by atoms with Gasteiger partial charge in [0.25, 0.3) is 0 Å². The van der Waals surface area contributed by atoms with Crippen molar-refractivity contribution in [3.8, 4) is 5.75 Å². The zero-order chi connectivity index (χ0) is 16.3. The molecule has 22 heavy (non-hydrogen) atoms. The van der Waals surface area contributed by atoms with Crippen molar-refractivity contribution in [2.24, 2.45) is 0 Å². The van der Waals surface area contributed by atoms with Crippen molar-refractivity contribution < 1.29 is 19.1 Å². The number of esters is 2. The molecule has 1 aliphatic rings. The Bertz CT molecular complexity index is 615. The molecule has 0 N–H and O–H groups in total. The van der Waals surface area contributed by atoms with Gasteiger partial charge < -0.3 is 9.47 Å². The molecule has 0 amide bonds. The highest BCUT2D eigenvalue weighted by Crippen LogP contribution is 2.34. The second kappa shape index (κ2) is 6.81. The summed E-state index contributed by atoms with van der Waals surface area (Å²) >= 11 is 2.05. The number of hydrogen-bond acceptors (Lipinski definition) is 4. The molecule has 118 valence electrons. The van der Waals surface area contributed by atoms with Crippen LogP contribution in [0.5, 0.6) is 5.75 Å². The van der Waals surface area contributed by atoms with E-state index in [0.29, 0.717) is 16.9 Å². The first-order valence-corrected chi connectivity index (χ1v) is 8.29. The van der Waals surface area contributed by atoms with Crippen molar-refractivity contribution in [1.82, 2.24) is 0 Å². The Labute approximate surface area is 144 Å². The molecular weight excluding hydrogens is 395 g/mol. The van der Waals surface area contributed by atoms with Crippen LogP contribution in [0.25, 0.3) is 0 Å². The van der Waals surface area contributed by atoms with Crippen LogP contribution in [0.3, 0.4) is 0 Å². The van der Waals surface area contributed by atoms with Crippen LogP contribution in [0.2, 0.25) is 0 Å². The van der Waals surface area contributed by atoms with Gasteiger partial charge in [-0.15, -0.1) is 0 Å². The van der Waals surface area contributed by atoms with Crippen molar-refractivity contribution in [3.63, 3.8) is 0 Å². The summed E-state index contributed by atoms with van der Waals surface area (Å²) in [6, 6.07) is 4.96. The number of benzene rings is 1. The quantitative estimate of drug-likeness (QED) is 0.320. The maximum Gasteiger partial charge on any atom is 0.338 e. The first-order chi connectivity index (χ1) is 10.3. The lowest BCUT2D eigenvalue weighted by Crippen LogP contribution is -2.28. The van der Waals surface area contributed by atoms with E-state index in [9.17, 15) is 9.59 Å². The third kappa shape index (κ3) is 4.09.